The van der Waals surface area contributed by atoms with Crippen molar-refractivity contribution in [1.29, 1.82) is 0 Å². The molecule has 1 aliphatic heterocycles. The Balaban J connectivity index is 1.72. The molecule has 166 valence electrons. The normalized spacial score (nSPS) is 18.2. The van der Waals surface area contributed by atoms with Gasteiger partial charge in [0.1, 0.15) is 5.52 Å². The minimum atomic E-state index is -3.72. The van der Waals surface area contributed by atoms with E-state index in [-0.39, 0.29) is 23.3 Å². The molecule has 0 spiro atoms. The molecule has 0 radical (unpaired) electrons. The van der Waals surface area contributed by atoms with Crippen LogP contribution < -0.4 is 5.32 Å². The zero-order valence-corrected chi connectivity index (χ0v) is 18.6. The number of nitrogens with zero attached hydrogens (tertiary/aromatic N) is 5. The van der Waals surface area contributed by atoms with Gasteiger partial charge in [-0.25, -0.2) is 13.1 Å². The van der Waals surface area contributed by atoms with Gasteiger partial charge >= 0.3 is 0 Å². The Labute approximate surface area is 177 Å². The highest BCUT2D eigenvalue weighted by Gasteiger charge is 2.33. The predicted octanol–water partition coefficient (Wildman–Crippen LogP) is 0.156. The van der Waals surface area contributed by atoms with Crippen LogP contribution in [0.2, 0.25) is 0 Å². The first-order valence-corrected chi connectivity index (χ1v) is 11.5. The molecule has 2 aromatic rings. The molecule has 0 bridgehead atoms. The van der Waals surface area contributed by atoms with Crippen LogP contribution in [0, 0.1) is 5.92 Å². The first kappa shape index (κ1) is 22.6. The number of carbonyl (C=O) groups excluding carboxylic acids is 1. The van der Waals surface area contributed by atoms with Crippen molar-refractivity contribution in [3.05, 3.63) is 18.2 Å². The summed E-state index contributed by atoms with van der Waals surface area (Å²) in [6.07, 6.45) is 1.34. The number of fused-ring (bicyclic) bond motifs is 1. The number of amides is 1. The Morgan fingerprint density at radius 1 is 1.37 bits per heavy atom. The maximum Gasteiger partial charge on any atom is 0.243 e. The van der Waals surface area contributed by atoms with Crippen LogP contribution in [-0.4, -0.2) is 92.5 Å². The Bertz CT molecular complexity index is 975. The first-order valence-electron chi connectivity index (χ1n) is 10.1. The van der Waals surface area contributed by atoms with Crippen LogP contribution >= 0.6 is 0 Å². The molecule has 1 fully saturated rings. The lowest BCUT2D eigenvalue weighted by molar-refractivity contribution is -0.126. The number of benzene rings is 1. The van der Waals surface area contributed by atoms with E-state index in [1.807, 2.05) is 19.0 Å². The molecule has 1 unspecified atom stereocenters. The molecule has 1 aliphatic rings. The molecule has 1 atom stereocenters. The zero-order chi connectivity index (χ0) is 21.7. The number of rotatable bonds is 9. The lowest BCUT2D eigenvalue weighted by Crippen LogP contribution is -2.46. The number of methoxy groups -OCH3 is 1. The van der Waals surface area contributed by atoms with E-state index in [4.69, 9.17) is 4.74 Å². The van der Waals surface area contributed by atoms with Gasteiger partial charge in [0.2, 0.25) is 15.9 Å². The van der Waals surface area contributed by atoms with Crippen LogP contribution in [0.1, 0.15) is 12.8 Å². The van der Waals surface area contributed by atoms with E-state index in [1.54, 1.807) is 30.0 Å². The summed E-state index contributed by atoms with van der Waals surface area (Å²) in [6.45, 7) is 2.91. The molecule has 3 rings (SSSR count). The smallest absolute Gasteiger partial charge is 0.243 e. The number of piperidine rings is 1. The highest BCUT2D eigenvalue weighted by Crippen LogP contribution is 2.25. The topological polar surface area (TPSA) is 110 Å². The van der Waals surface area contributed by atoms with Crippen LogP contribution in [-0.2, 0) is 26.1 Å². The second-order valence-corrected chi connectivity index (χ2v) is 9.69. The summed E-state index contributed by atoms with van der Waals surface area (Å²) in [5.41, 5.74) is 1.27. The maximum atomic E-state index is 13.2. The number of sulfonamides is 1. The van der Waals surface area contributed by atoms with Crippen molar-refractivity contribution in [2.75, 3.05) is 54.0 Å². The molecule has 0 aliphatic carbocycles. The molecule has 1 aromatic heterocycles. The zero-order valence-electron chi connectivity index (χ0n) is 17.7. The largest absolute Gasteiger partial charge is 0.383 e. The van der Waals surface area contributed by atoms with Crippen molar-refractivity contribution in [2.24, 2.45) is 5.92 Å². The van der Waals surface area contributed by atoms with E-state index < -0.39 is 10.0 Å². The summed E-state index contributed by atoms with van der Waals surface area (Å²) in [5.74, 6) is -0.428. The Morgan fingerprint density at radius 3 is 2.90 bits per heavy atom. The highest BCUT2D eigenvalue weighted by atomic mass is 32.2. The number of carbonyl (C=O) groups is 1. The van der Waals surface area contributed by atoms with Crippen LogP contribution in [0.15, 0.2) is 23.1 Å². The minimum absolute atomic E-state index is 0.0895. The fourth-order valence-corrected chi connectivity index (χ4v) is 5.07. The van der Waals surface area contributed by atoms with Crippen molar-refractivity contribution in [1.82, 2.24) is 29.5 Å². The third kappa shape index (κ3) is 5.15. The molecule has 1 N–H and O–H groups in total. The summed E-state index contributed by atoms with van der Waals surface area (Å²) < 4.78 is 34.5. The first-order chi connectivity index (χ1) is 14.3. The number of aromatic nitrogens is 3. The molecule has 30 heavy (non-hydrogen) atoms. The van der Waals surface area contributed by atoms with E-state index in [0.717, 1.165) is 12.1 Å². The SMILES string of the molecule is COCCn1nnc2cc(S(=O)(=O)N3CCCC(C(=O)NCCN(C)C)C3)ccc21. The molecule has 11 heteroatoms. The van der Waals surface area contributed by atoms with Gasteiger partial charge in [0, 0.05) is 33.3 Å². The van der Waals surface area contributed by atoms with E-state index in [1.165, 1.54) is 4.31 Å². The molecule has 1 aromatic carbocycles. The van der Waals surface area contributed by atoms with E-state index in [9.17, 15) is 13.2 Å². The van der Waals surface area contributed by atoms with Gasteiger partial charge < -0.3 is 15.0 Å². The number of nitrogens with one attached hydrogen (secondary N) is 1. The number of ether oxygens (including phenoxy) is 1. The summed E-state index contributed by atoms with van der Waals surface area (Å²) in [6, 6.07) is 4.83. The van der Waals surface area contributed by atoms with Crippen molar-refractivity contribution in [3.8, 4) is 0 Å². The molecular formula is C19H30N6O4S. The lowest BCUT2D eigenvalue weighted by Gasteiger charge is -2.31. The third-order valence-corrected chi connectivity index (χ3v) is 7.10. The second kappa shape index (κ2) is 9.82. The van der Waals surface area contributed by atoms with Crippen molar-refractivity contribution < 1.29 is 17.9 Å². The standard InChI is InChI=1S/C19H30N6O4S/c1-23(2)10-8-20-19(26)15-5-4-9-24(14-15)30(27,28)16-6-7-18-17(13-16)21-22-25(18)11-12-29-3/h6-7,13,15H,4-5,8-12,14H2,1-3H3,(H,20,26). The van der Waals surface area contributed by atoms with Crippen molar-refractivity contribution in [2.45, 2.75) is 24.3 Å². The number of likely N-dealkylation sites (N-methyl/N-ethyl adjacent to an activating group) is 1. The van der Waals surface area contributed by atoms with Crippen LogP contribution in [0.5, 0.6) is 0 Å². The van der Waals surface area contributed by atoms with Gasteiger partial charge in [-0.15, -0.1) is 5.10 Å². The Morgan fingerprint density at radius 2 is 2.17 bits per heavy atom. The lowest BCUT2D eigenvalue weighted by atomic mass is 9.99. The molecule has 10 nitrogen and oxygen atoms in total. The van der Waals surface area contributed by atoms with Gasteiger partial charge in [-0.3, -0.25) is 4.79 Å². The van der Waals surface area contributed by atoms with Gasteiger partial charge in [0.15, 0.2) is 0 Å². The van der Waals surface area contributed by atoms with Crippen molar-refractivity contribution in [3.63, 3.8) is 0 Å². The predicted molar refractivity (Wildman–Crippen MR) is 112 cm³/mol. The quantitative estimate of drug-likeness (QED) is 0.594. The Hall–Kier alpha value is -2.08. The second-order valence-electron chi connectivity index (χ2n) is 7.75. The molecule has 1 saturated heterocycles. The van der Waals surface area contributed by atoms with Gasteiger partial charge in [-0.1, -0.05) is 5.21 Å². The number of hydrogen-bond donors (Lipinski definition) is 1. The molecule has 2 heterocycles. The summed E-state index contributed by atoms with van der Waals surface area (Å²) in [7, 11) is 1.77. The van der Waals surface area contributed by atoms with Gasteiger partial charge in [-0.2, -0.15) is 4.31 Å². The van der Waals surface area contributed by atoms with E-state index >= 15 is 0 Å². The summed E-state index contributed by atoms with van der Waals surface area (Å²) >= 11 is 0. The third-order valence-electron chi connectivity index (χ3n) is 5.24. The molecule has 0 saturated carbocycles. The van der Waals surface area contributed by atoms with Crippen LogP contribution in [0.25, 0.3) is 11.0 Å². The Kier molecular flexibility index (Phi) is 7.40. The van der Waals surface area contributed by atoms with E-state index in [0.29, 0.717) is 44.6 Å². The van der Waals surface area contributed by atoms with Gasteiger partial charge in [0.05, 0.1) is 29.5 Å². The average molecular weight is 439 g/mol. The minimum Gasteiger partial charge on any atom is -0.383 e. The summed E-state index contributed by atoms with van der Waals surface area (Å²) in [4.78, 5) is 14.6. The highest BCUT2D eigenvalue weighted by molar-refractivity contribution is 7.89. The maximum absolute atomic E-state index is 13.2. The fourth-order valence-electron chi connectivity index (χ4n) is 3.53. The number of hydrogen-bond acceptors (Lipinski definition) is 7. The molecular weight excluding hydrogens is 408 g/mol. The van der Waals surface area contributed by atoms with E-state index in [2.05, 4.69) is 15.6 Å². The van der Waals surface area contributed by atoms with Gasteiger partial charge in [0.25, 0.3) is 0 Å². The monoisotopic (exact) mass is 438 g/mol. The average Bonchev–Trinajstić information content (AvgIpc) is 3.14. The molecule has 1 amide bonds. The van der Waals surface area contributed by atoms with Gasteiger partial charge in [-0.05, 0) is 45.1 Å². The van der Waals surface area contributed by atoms with Crippen LogP contribution in [0.4, 0.5) is 0 Å². The fraction of sp³-hybridized carbons (Fsp3) is 0.632. The van der Waals surface area contributed by atoms with Crippen molar-refractivity contribution >= 4 is 27.0 Å². The van der Waals surface area contributed by atoms with Crippen LogP contribution in [0.3, 0.4) is 0 Å². The summed E-state index contributed by atoms with van der Waals surface area (Å²) in [5, 5.41) is 11.1.